The molecule has 0 aliphatic heterocycles. The van der Waals surface area contributed by atoms with Gasteiger partial charge in [-0.25, -0.2) is 0 Å². The standard InChI is InChI=1S/C16H17ClN2S/c1-19(11-14-6-2-3-8-15(14)17)10-12-5-4-7-13(9-12)16(18)20/h2-9H,10-11H2,1H3,(H2,18,20). The summed E-state index contributed by atoms with van der Waals surface area (Å²) < 4.78 is 0. The lowest BCUT2D eigenvalue weighted by Crippen LogP contribution is -2.18. The Morgan fingerprint density at radius 3 is 2.60 bits per heavy atom. The van der Waals surface area contributed by atoms with E-state index in [-0.39, 0.29) is 0 Å². The van der Waals surface area contributed by atoms with E-state index >= 15 is 0 Å². The van der Waals surface area contributed by atoms with Gasteiger partial charge >= 0.3 is 0 Å². The molecule has 0 saturated heterocycles. The van der Waals surface area contributed by atoms with Crippen LogP contribution in [0, 0.1) is 0 Å². The average molecular weight is 305 g/mol. The fraction of sp³-hybridized carbons (Fsp3) is 0.188. The van der Waals surface area contributed by atoms with Crippen LogP contribution < -0.4 is 5.73 Å². The first-order valence-electron chi connectivity index (χ1n) is 6.37. The lowest BCUT2D eigenvalue weighted by atomic mass is 10.1. The van der Waals surface area contributed by atoms with Crippen LogP contribution in [0.5, 0.6) is 0 Å². The third-order valence-electron chi connectivity index (χ3n) is 3.06. The van der Waals surface area contributed by atoms with Crippen molar-refractivity contribution >= 4 is 28.8 Å². The highest BCUT2D eigenvalue weighted by atomic mass is 35.5. The molecule has 0 amide bonds. The maximum atomic E-state index is 6.18. The number of benzene rings is 2. The normalized spacial score (nSPS) is 10.8. The van der Waals surface area contributed by atoms with Crippen molar-refractivity contribution < 1.29 is 0 Å². The monoisotopic (exact) mass is 304 g/mol. The van der Waals surface area contributed by atoms with Crippen LogP contribution in [0.2, 0.25) is 5.02 Å². The van der Waals surface area contributed by atoms with E-state index in [4.69, 9.17) is 29.6 Å². The van der Waals surface area contributed by atoms with Crippen molar-refractivity contribution in [3.8, 4) is 0 Å². The van der Waals surface area contributed by atoms with Crippen LogP contribution in [-0.2, 0) is 13.1 Å². The molecule has 2 aromatic rings. The second-order valence-corrected chi connectivity index (χ2v) is 5.68. The Balaban J connectivity index is 2.05. The molecule has 0 fully saturated rings. The molecule has 0 bridgehead atoms. The fourth-order valence-corrected chi connectivity index (χ4v) is 2.43. The fourth-order valence-electron chi connectivity index (χ4n) is 2.11. The number of nitrogens with two attached hydrogens (primary N) is 1. The van der Waals surface area contributed by atoms with Gasteiger partial charge in [-0.3, -0.25) is 4.90 Å². The minimum absolute atomic E-state index is 0.431. The van der Waals surface area contributed by atoms with E-state index in [0.29, 0.717) is 4.99 Å². The van der Waals surface area contributed by atoms with E-state index in [9.17, 15) is 0 Å². The largest absolute Gasteiger partial charge is 0.389 e. The molecule has 0 atom stereocenters. The van der Waals surface area contributed by atoms with Gasteiger partial charge in [0.2, 0.25) is 0 Å². The Morgan fingerprint density at radius 1 is 1.15 bits per heavy atom. The van der Waals surface area contributed by atoms with Crippen molar-refractivity contribution in [2.24, 2.45) is 5.73 Å². The van der Waals surface area contributed by atoms with Gasteiger partial charge in [0.15, 0.2) is 0 Å². The third kappa shape index (κ3) is 4.04. The minimum atomic E-state index is 0.431. The minimum Gasteiger partial charge on any atom is -0.389 e. The lowest BCUT2D eigenvalue weighted by Gasteiger charge is -2.18. The molecule has 0 unspecified atom stereocenters. The van der Waals surface area contributed by atoms with Crippen LogP contribution in [0.15, 0.2) is 48.5 Å². The summed E-state index contributed by atoms with van der Waals surface area (Å²) in [6, 6.07) is 15.9. The first kappa shape index (κ1) is 15.0. The molecule has 104 valence electrons. The molecule has 0 spiro atoms. The third-order valence-corrected chi connectivity index (χ3v) is 3.67. The van der Waals surface area contributed by atoms with Gasteiger partial charge in [-0.2, -0.15) is 0 Å². The molecule has 2 N–H and O–H groups in total. The summed E-state index contributed by atoms with van der Waals surface area (Å²) in [5.74, 6) is 0. The van der Waals surface area contributed by atoms with Crippen LogP contribution >= 0.6 is 23.8 Å². The van der Waals surface area contributed by atoms with Crippen LogP contribution in [0.1, 0.15) is 16.7 Å². The molecule has 0 saturated carbocycles. The molecule has 0 radical (unpaired) electrons. The molecule has 0 aromatic heterocycles. The highest BCUT2D eigenvalue weighted by molar-refractivity contribution is 7.80. The topological polar surface area (TPSA) is 29.3 Å². The molecule has 2 rings (SSSR count). The number of halogens is 1. The van der Waals surface area contributed by atoms with Crippen molar-refractivity contribution in [2.75, 3.05) is 7.05 Å². The maximum Gasteiger partial charge on any atom is 0.103 e. The zero-order chi connectivity index (χ0) is 14.5. The van der Waals surface area contributed by atoms with Crippen molar-refractivity contribution in [3.05, 3.63) is 70.2 Å². The summed E-state index contributed by atoms with van der Waals surface area (Å²) in [6.07, 6.45) is 0. The van der Waals surface area contributed by atoms with E-state index in [1.807, 2.05) is 42.5 Å². The van der Waals surface area contributed by atoms with Crippen LogP contribution in [-0.4, -0.2) is 16.9 Å². The Morgan fingerprint density at radius 2 is 1.90 bits per heavy atom. The summed E-state index contributed by atoms with van der Waals surface area (Å²) in [6.45, 7) is 1.62. The number of thiocarbonyl (C=S) groups is 1. The van der Waals surface area contributed by atoms with Crippen LogP contribution in [0.4, 0.5) is 0 Å². The summed E-state index contributed by atoms with van der Waals surface area (Å²) >= 11 is 11.2. The van der Waals surface area contributed by atoms with Crippen LogP contribution in [0.25, 0.3) is 0 Å². The van der Waals surface area contributed by atoms with Gasteiger partial charge in [0.05, 0.1) is 0 Å². The average Bonchev–Trinajstić information content (AvgIpc) is 2.41. The molecule has 2 nitrogen and oxygen atoms in total. The molecule has 4 heteroatoms. The Hall–Kier alpha value is -1.42. The second kappa shape index (κ2) is 6.84. The van der Waals surface area contributed by atoms with Gasteiger partial charge in [-0.05, 0) is 30.3 Å². The smallest absolute Gasteiger partial charge is 0.103 e. The van der Waals surface area contributed by atoms with Crippen molar-refractivity contribution in [2.45, 2.75) is 13.1 Å². The predicted molar refractivity (Wildman–Crippen MR) is 89.0 cm³/mol. The Bertz CT molecular complexity index is 613. The van der Waals surface area contributed by atoms with Gasteiger partial charge in [0.25, 0.3) is 0 Å². The SMILES string of the molecule is CN(Cc1cccc(C(N)=S)c1)Cc1ccccc1Cl. The highest BCUT2D eigenvalue weighted by Crippen LogP contribution is 2.17. The van der Waals surface area contributed by atoms with E-state index in [1.165, 1.54) is 5.56 Å². The van der Waals surface area contributed by atoms with E-state index < -0.39 is 0 Å². The van der Waals surface area contributed by atoms with E-state index in [0.717, 1.165) is 29.2 Å². The van der Waals surface area contributed by atoms with Crippen molar-refractivity contribution in [1.29, 1.82) is 0 Å². The molecule has 20 heavy (non-hydrogen) atoms. The number of rotatable bonds is 5. The molecule has 2 aromatic carbocycles. The molecule has 0 aliphatic rings. The highest BCUT2D eigenvalue weighted by Gasteiger charge is 2.06. The molecule has 0 heterocycles. The Labute approximate surface area is 130 Å². The number of hydrogen-bond donors (Lipinski definition) is 1. The first-order chi connectivity index (χ1) is 9.56. The van der Waals surface area contributed by atoms with Gasteiger partial charge in [0, 0.05) is 23.7 Å². The predicted octanol–water partition coefficient (Wildman–Crippen LogP) is 3.61. The second-order valence-electron chi connectivity index (χ2n) is 4.83. The van der Waals surface area contributed by atoms with Crippen molar-refractivity contribution in [1.82, 2.24) is 4.90 Å². The van der Waals surface area contributed by atoms with Gasteiger partial charge in [0.1, 0.15) is 4.99 Å². The number of nitrogens with zero attached hydrogens (tertiary/aromatic N) is 1. The quantitative estimate of drug-likeness (QED) is 0.856. The molecule has 0 aliphatic carbocycles. The summed E-state index contributed by atoms with van der Waals surface area (Å²) in [4.78, 5) is 2.64. The lowest BCUT2D eigenvalue weighted by molar-refractivity contribution is 0.319. The summed E-state index contributed by atoms with van der Waals surface area (Å²) in [5, 5.41) is 0.802. The van der Waals surface area contributed by atoms with Crippen molar-refractivity contribution in [3.63, 3.8) is 0 Å². The number of hydrogen-bond acceptors (Lipinski definition) is 2. The maximum absolute atomic E-state index is 6.18. The summed E-state index contributed by atoms with van der Waals surface area (Å²) in [5.41, 5.74) is 8.88. The van der Waals surface area contributed by atoms with Gasteiger partial charge < -0.3 is 5.73 Å². The van der Waals surface area contributed by atoms with E-state index in [1.54, 1.807) is 0 Å². The van der Waals surface area contributed by atoms with Gasteiger partial charge in [-0.1, -0.05) is 60.2 Å². The van der Waals surface area contributed by atoms with Crippen LogP contribution in [0.3, 0.4) is 0 Å². The first-order valence-corrected chi connectivity index (χ1v) is 7.15. The summed E-state index contributed by atoms with van der Waals surface area (Å²) in [7, 11) is 2.07. The zero-order valence-electron chi connectivity index (χ0n) is 11.3. The molecular formula is C16H17ClN2S. The Kier molecular flexibility index (Phi) is 5.12. The molecular weight excluding hydrogens is 288 g/mol. The van der Waals surface area contributed by atoms with Gasteiger partial charge in [-0.15, -0.1) is 0 Å². The van der Waals surface area contributed by atoms with E-state index in [2.05, 4.69) is 18.0 Å². The zero-order valence-corrected chi connectivity index (χ0v) is 12.9.